The number of nitrogens with two attached hydrogens (primary N) is 1. The number of nitrogens with zero attached hydrogens (tertiary/aromatic N) is 1. The van der Waals surface area contributed by atoms with Gasteiger partial charge in [-0.25, -0.2) is 0 Å². The van der Waals surface area contributed by atoms with E-state index in [-0.39, 0.29) is 31.4 Å². The summed E-state index contributed by atoms with van der Waals surface area (Å²) in [5.41, 5.74) is 5.63. The van der Waals surface area contributed by atoms with Gasteiger partial charge in [0.15, 0.2) is 0 Å². The number of carbonyl (C=O) groups is 2. The molecule has 0 aromatic carbocycles. The molecular formula is C10H18N2O4. The fraction of sp³-hybridized carbons (Fsp3) is 0.800. The van der Waals surface area contributed by atoms with Gasteiger partial charge in [-0.3, -0.25) is 9.59 Å². The van der Waals surface area contributed by atoms with Crippen LogP contribution in [0.1, 0.15) is 25.7 Å². The van der Waals surface area contributed by atoms with E-state index in [1.807, 2.05) is 0 Å². The number of aliphatic carboxylic acids is 1. The predicted molar refractivity (Wildman–Crippen MR) is 56.7 cm³/mol. The fourth-order valence-electron chi connectivity index (χ4n) is 1.93. The summed E-state index contributed by atoms with van der Waals surface area (Å²) in [4.78, 5) is 23.7. The van der Waals surface area contributed by atoms with Crippen LogP contribution >= 0.6 is 0 Å². The lowest BCUT2D eigenvalue weighted by molar-refractivity contribution is -0.138. The molecule has 6 nitrogen and oxygen atoms in total. The van der Waals surface area contributed by atoms with Crippen LogP contribution in [0.2, 0.25) is 0 Å². The molecule has 6 heteroatoms. The van der Waals surface area contributed by atoms with Crippen molar-refractivity contribution in [1.29, 1.82) is 0 Å². The van der Waals surface area contributed by atoms with Crippen molar-refractivity contribution in [3.05, 3.63) is 0 Å². The molecule has 2 atom stereocenters. The van der Waals surface area contributed by atoms with Crippen LogP contribution < -0.4 is 5.73 Å². The Kier molecular flexibility index (Phi) is 4.70. The van der Waals surface area contributed by atoms with Crippen molar-refractivity contribution in [2.24, 2.45) is 5.73 Å². The summed E-state index contributed by atoms with van der Waals surface area (Å²) in [7, 11) is 0. The highest BCUT2D eigenvalue weighted by atomic mass is 16.4. The van der Waals surface area contributed by atoms with Crippen molar-refractivity contribution in [2.45, 2.75) is 37.8 Å². The average molecular weight is 230 g/mol. The van der Waals surface area contributed by atoms with Gasteiger partial charge in [-0.2, -0.15) is 0 Å². The lowest BCUT2D eigenvalue weighted by Crippen LogP contribution is -2.47. The molecule has 0 spiro atoms. The molecule has 0 aromatic heterocycles. The van der Waals surface area contributed by atoms with E-state index < -0.39 is 12.0 Å². The smallest absolute Gasteiger partial charge is 0.303 e. The largest absolute Gasteiger partial charge is 0.481 e. The van der Waals surface area contributed by atoms with Crippen LogP contribution in [0, 0.1) is 0 Å². The van der Waals surface area contributed by atoms with E-state index in [9.17, 15) is 9.59 Å². The first kappa shape index (κ1) is 12.9. The van der Waals surface area contributed by atoms with Crippen LogP contribution in [0.4, 0.5) is 0 Å². The van der Waals surface area contributed by atoms with E-state index in [0.717, 1.165) is 12.8 Å². The van der Waals surface area contributed by atoms with Crippen molar-refractivity contribution in [3.8, 4) is 0 Å². The topological polar surface area (TPSA) is 104 Å². The molecule has 1 aliphatic rings. The first-order chi connectivity index (χ1) is 7.56. The third-order valence-corrected chi connectivity index (χ3v) is 2.86. The summed E-state index contributed by atoms with van der Waals surface area (Å²) in [6.45, 7) is 0.544. The quantitative estimate of drug-likeness (QED) is 0.571. The predicted octanol–water partition coefficient (Wildman–Crippen LogP) is -0.838. The van der Waals surface area contributed by atoms with Crippen LogP contribution in [0.5, 0.6) is 0 Å². The van der Waals surface area contributed by atoms with Crippen molar-refractivity contribution in [2.75, 3.05) is 13.2 Å². The highest BCUT2D eigenvalue weighted by Gasteiger charge is 2.31. The number of carboxylic acids is 1. The van der Waals surface area contributed by atoms with Crippen molar-refractivity contribution >= 4 is 11.9 Å². The molecule has 16 heavy (non-hydrogen) atoms. The van der Waals surface area contributed by atoms with Gasteiger partial charge in [-0.05, 0) is 19.3 Å². The van der Waals surface area contributed by atoms with Crippen molar-refractivity contribution in [3.63, 3.8) is 0 Å². The Balaban J connectivity index is 2.46. The molecule has 1 heterocycles. The number of carboxylic acid groups (broad SMARTS) is 1. The summed E-state index contributed by atoms with van der Waals surface area (Å²) >= 11 is 0. The normalized spacial score (nSPS) is 22.1. The number of carbonyl (C=O) groups excluding carboxylic acids is 1. The molecule has 1 amide bonds. The van der Waals surface area contributed by atoms with E-state index >= 15 is 0 Å². The summed E-state index contributed by atoms with van der Waals surface area (Å²) in [5.74, 6) is -1.21. The van der Waals surface area contributed by atoms with Crippen LogP contribution in [0.3, 0.4) is 0 Å². The summed E-state index contributed by atoms with van der Waals surface area (Å²) in [6.07, 6.45) is 1.68. The Hall–Kier alpha value is -1.14. The highest BCUT2D eigenvalue weighted by molar-refractivity contribution is 5.82. The van der Waals surface area contributed by atoms with Crippen LogP contribution in [0.15, 0.2) is 0 Å². The van der Waals surface area contributed by atoms with E-state index in [0.29, 0.717) is 6.54 Å². The first-order valence-corrected chi connectivity index (χ1v) is 5.45. The third-order valence-electron chi connectivity index (χ3n) is 2.86. The van der Waals surface area contributed by atoms with Gasteiger partial charge in [0.25, 0.3) is 0 Å². The minimum Gasteiger partial charge on any atom is -0.481 e. The molecule has 0 radical (unpaired) electrons. The Morgan fingerprint density at radius 3 is 2.75 bits per heavy atom. The number of aliphatic hydroxyl groups excluding tert-OH is 1. The fourth-order valence-corrected chi connectivity index (χ4v) is 1.93. The molecule has 1 saturated heterocycles. The molecule has 1 rings (SSSR count). The summed E-state index contributed by atoms with van der Waals surface area (Å²) in [5, 5.41) is 17.5. The second-order valence-electron chi connectivity index (χ2n) is 4.05. The molecule has 1 aliphatic heterocycles. The molecular weight excluding hydrogens is 212 g/mol. The molecule has 92 valence electrons. The van der Waals surface area contributed by atoms with Gasteiger partial charge < -0.3 is 20.8 Å². The molecule has 0 aromatic rings. The van der Waals surface area contributed by atoms with Gasteiger partial charge in [-0.15, -0.1) is 0 Å². The zero-order valence-corrected chi connectivity index (χ0v) is 9.13. The maximum atomic E-state index is 11.8. The summed E-state index contributed by atoms with van der Waals surface area (Å²) in [6, 6.07) is -0.924. The number of hydrogen-bond acceptors (Lipinski definition) is 4. The van der Waals surface area contributed by atoms with Crippen LogP contribution in [-0.2, 0) is 9.59 Å². The van der Waals surface area contributed by atoms with Gasteiger partial charge >= 0.3 is 5.97 Å². The molecule has 1 fully saturated rings. The highest BCUT2D eigenvalue weighted by Crippen LogP contribution is 2.18. The van der Waals surface area contributed by atoms with Crippen molar-refractivity contribution < 1.29 is 19.8 Å². The summed E-state index contributed by atoms with van der Waals surface area (Å²) < 4.78 is 0. The second-order valence-corrected chi connectivity index (χ2v) is 4.05. The first-order valence-electron chi connectivity index (χ1n) is 5.45. The molecule has 1 unspecified atom stereocenters. The third kappa shape index (κ3) is 3.18. The van der Waals surface area contributed by atoms with Gasteiger partial charge in [-0.1, -0.05) is 0 Å². The van der Waals surface area contributed by atoms with Gasteiger partial charge in [0.1, 0.15) is 0 Å². The SMILES string of the molecule is NC(CCC(=O)O)C(=O)N1CCC[C@@H]1CO. The average Bonchev–Trinajstić information content (AvgIpc) is 2.72. The Labute approximate surface area is 94.0 Å². The lowest BCUT2D eigenvalue weighted by Gasteiger charge is -2.25. The van der Waals surface area contributed by atoms with Gasteiger partial charge in [0, 0.05) is 13.0 Å². The maximum Gasteiger partial charge on any atom is 0.303 e. The molecule has 4 N–H and O–H groups in total. The number of rotatable bonds is 5. The maximum absolute atomic E-state index is 11.8. The lowest BCUT2D eigenvalue weighted by atomic mass is 10.1. The number of amides is 1. The minimum absolute atomic E-state index is 0.0581. The van der Waals surface area contributed by atoms with Gasteiger partial charge in [0.05, 0.1) is 18.7 Å². The number of aliphatic hydroxyl groups is 1. The van der Waals surface area contributed by atoms with Crippen LogP contribution in [-0.4, -0.2) is 52.2 Å². The van der Waals surface area contributed by atoms with E-state index in [4.69, 9.17) is 15.9 Å². The molecule has 0 aliphatic carbocycles. The Bertz CT molecular complexity index is 270. The van der Waals surface area contributed by atoms with E-state index in [2.05, 4.69) is 0 Å². The minimum atomic E-state index is -0.955. The van der Waals surface area contributed by atoms with Crippen molar-refractivity contribution in [1.82, 2.24) is 4.90 Å². The molecule has 0 bridgehead atoms. The van der Waals surface area contributed by atoms with E-state index in [1.54, 1.807) is 4.90 Å². The standard InChI is InChI=1S/C10H18N2O4/c11-8(3-4-9(14)15)10(16)12-5-1-2-7(12)6-13/h7-8,13H,1-6,11H2,(H,14,15)/t7-,8?/m1/s1. The van der Waals surface area contributed by atoms with E-state index in [1.165, 1.54) is 0 Å². The zero-order valence-electron chi connectivity index (χ0n) is 9.13. The Morgan fingerprint density at radius 2 is 2.19 bits per heavy atom. The number of hydrogen-bond donors (Lipinski definition) is 3. The monoisotopic (exact) mass is 230 g/mol. The second kappa shape index (κ2) is 5.81. The van der Waals surface area contributed by atoms with Crippen LogP contribution in [0.25, 0.3) is 0 Å². The number of likely N-dealkylation sites (tertiary alicyclic amines) is 1. The molecule has 0 saturated carbocycles. The van der Waals surface area contributed by atoms with Gasteiger partial charge in [0.2, 0.25) is 5.91 Å². The Morgan fingerprint density at radius 1 is 1.50 bits per heavy atom. The zero-order chi connectivity index (χ0) is 12.1.